The van der Waals surface area contributed by atoms with E-state index < -0.39 is 0 Å². The summed E-state index contributed by atoms with van der Waals surface area (Å²) in [6, 6.07) is 14.1. The zero-order chi connectivity index (χ0) is 18.5. The summed E-state index contributed by atoms with van der Waals surface area (Å²) in [4.78, 5) is 12.9. The van der Waals surface area contributed by atoms with Gasteiger partial charge in [-0.25, -0.2) is 0 Å². The molecule has 0 radical (unpaired) electrons. The number of benzene rings is 2. The van der Waals surface area contributed by atoms with E-state index in [1.165, 1.54) is 11.3 Å². The van der Waals surface area contributed by atoms with Crippen molar-refractivity contribution in [2.45, 2.75) is 6.61 Å². The molecule has 0 saturated carbocycles. The van der Waals surface area contributed by atoms with E-state index in [0.29, 0.717) is 33.0 Å². The Kier molecular flexibility index (Phi) is 6.04. The predicted octanol–water partition coefficient (Wildman–Crippen LogP) is 5.89. The molecule has 134 valence electrons. The molecule has 0 aliphatic carbocycles. The summed E-state index contributed by atoms with van der Waals surface area (Å²) >= 11 is 13.3. The van der Waals surface area contributed by atoms with Crippen LogP contribution in [0.15, 0.2) is 53.9 Å². The van der Waals surface area contributed by atoms with Gasteiger partial charge in [-0.15, -0.1) is 11.3 Å². The summed E-state index contributed by atoms with van der Waals surface area (Å²) in [6.45, 7) is 0.360. The highest BCUT2D eigenvalue weighted by atomic mass is 35.5. The third-order valence-corrected chi connectivity index (χ3v) is 5.03. The van der Waals surface area contributed by atoms with Crippen molar-refractivity contribution >= 4 is 46.1 Å². The van der Waals surface area contributed by atoms with Crippen molar-refractivity contribution in [2.75, 3.05) is 12.4 Å². The molecule has 4 nitrogen and oxygen atoms in total. The molecule has 1 N–H and O–H groups in total. The van der Waals surface area contributed by atoms with Crippen molar-refractivity contribution in [1.82, 2.24) is 0 Å². The van der Waals surface area contributed by atoms with E-state index in [2.05, 4.69) is 5.32 Å². The lowest BCUT2D eigenvalue weighted by Crippen LogP contribution is -2.10. The first-order valence-corrected chi connectivity index (χ1v) is 9.29. The SMILES string of the molecule is COc1cccc(OCc2csc(C(=O)Nc3ccc(Cl)cc3Cl)c2)c1. The number of hydrogen-bond acceptors (Lipinski definition) is 4. The number of methoxy groups -OCH3 is 1. The van der Waals surface area contributed by atoms with Gasteiger partial charge in [-0.1, -0.05) is 29.3 Å². The molecule has 1 aromatic heterocycles. The van der Waals surface area contributed by atoms with Gasteiger partial charge in [0.05, 0.1) is 22.7 Å². The highest BCUT2D eigenvalue weighted by molar-refractivity contribution is 7.12. The number of rotatable bonds is 6. The standard InChI is InChI=1S/C19H15Cl2NO3S/c1-24-14-3-2-4-15(9-14)25-10-12-7-18(26-11-12)19(23)22-17-6-5-13(20)8-16(17)21/h2-9,11H,10H2,1H3,(H,22,23). The lowest BCUT2D eigenvalue weighted by molar-refractivity contribution is 0.103. The second-order valence-electron chi connectivity index (χ2n) is 5.37. The molecule has 0 fully saturated rings. The monoisotopic (exact) mass is 407 g/mol. The minimum absolute atomic E-state index is 0.230. The van der Waals surface area contributed by atoms with Crippen LogP contribution in [0, 0.1) is 0 Å². The average molecular weight is 408 g/mol. The van der Waals surface area contributed by atoms with Gasteiger partial charge in [-0.3, -0.25) is 4.79 Å². The Balaban J connectivity index is 1.62. The quantitative estimate of drug-likeness (QED) is 0.553. The average Bonchev–Trinajstić information content (AvgIpc) is 3.11. The second kappa shape index (κ2) is 8.45. The molecule has 3 aromatic rings. The molecule has 0 saturated heterocycles. The van der Waals surface area contributed by atoms with Crippen LogP contribution in [-0.4, -0.2) is 13.0 Å². The number of nitrogens with one attached hydrogen (secondary N) is 1. The molecule has 0 aliphatic rings. The molecular weight excluding hydrogens is 393 g/mol. The van der Waals surface area contributed by atoms with Crippen molar-refractivity contribution in [3.05, 3.63) is 74.4 Å². The number of carbonyl (C=O) groups is 1. The van der Waals surface area contributed by atoms with E-state index in [1.54, 1.807) is 31.4 Å². The number of hydrogen-bond donors (Lipinski definition) is 1. The largest absolute Gasteiger partial charge is 0.497 e. The van der Waals surface area contributed by atoms with E-state index in [9.17, 15) is 4.79 Å². The van der Waals surface area contributed by atoms with Gasteiger partial charge in [-0.2, -0.15) is 0 Å². The molecule has 0 unspecified atom stereocenters. The minimum Gasteiger partial charge on any atom is -0.497 e. The number of anilines is 1. The highest BCUT2D eigenvalue weighted by Gasteiger charge is 2.12. The Labute approximate surface area is 165 Å². The summed E-state index contributed by atoms with van der Waals surface area (Å²) in [5.41, 5.74) is 1.42. The predicted molar refractivity (Wildman–Crippen MR) is 106 cm³/mol. The fourth-order valence-corrected chi connectivity index (χ4v) is 3.45. The molecule has 3 rings (SSSR count). The van der Waals surface area contributed by atoms with Crippen LogP contribution in [0.1, 0.15) is 15.2 Å². The van der Waals surface area contributed by atoms with Gasteiger partial charge in [0.2, 0.25) is 0 Å². The van der Waals surface area contributed by atoms with Crippen LogP contribution in [0.3, 0.4) is 0 Å². The maximum Gasteiger partial charge on any atom is 0.265 e. The number of carbonyl (C=O) groups excluding carboxylic acids is 1. The molecular formula is C19H15Cl2NO3S. The van der Waals surface area contributed by atoms with Gasteiger partial charge >= 0.3 is 0 Å². The fraction of sp³-hybridized carbons (Fsp3) is 0.105. The first-order valence-electron chi connectivity index (χ1n) is 7.66. The van der Waals surface area contributed by atoms with Crippen LogP contribution in [0.5, 0.6) is 11.5 Å². The molecule has 0 bridgehead atoms. The number of amides is 1. The Hall–Kier alpha value is -2.21. The molecule has 1 amide bonds. The normalized spacial score (nSPS) is 10.4. The first kappa shape index (κ1) is 18.6. The summed E-state index contributed by atoms with van der Waals surface area (Å²) in [5, 5.41) is 5.57. The van der Waals surface area contributed by atoms with E-state index in [-0.39, 0.29) is 5.91 Å². The van der Waals surface area contributed by atoms with E-state index in [1.807, 2.05) is 29.6 Å². The minimum atomic E-state index is -0.230. The summed E-state index contributed by atoms with van der Waals surface area (Å²) in [6.07, 6.45) is 0. The van der Waals surface area contributed by atoms with Crippen LogP contribution in [-0.2, 0) is 6.61 Å². The van der Waals surface area contributed by atoms with Crippen LogP contribution < -0.4 is 14.8 Å². The summed E-state index contributed by atoms with van der Waals surface area (Å²) in [5.74, 6) is 1.20. The van der Waals surface area contributed by atoms with Crippen molar-refractivity contribution < 1.29 is 14.3 Å². The van der Waals surface area contributed by atoms with Crippen LogP contribution in [0.4, 0.5) is 5.69 Å². The van der Waals surface area contributed by atoms with Crippen molar-refractivity contribution in [2.24, 2.45) is 0 Å². The Morgan fingerprint density at radius 2 is 1.92 bits per heavy atom. The van der Waals surface area contributed by atoms with Gasteiger partial charge < -0.3 is 14.8 Å². The van der Waals surface area contributed by atoms with Gasteiger partial charge in [0.25, 0.3) is 5.91 Å². The van der Waals surface area contributed by atoms with Crippen LogP contribution in [0.25, 0.3) is 0 Å². The molecule has 0 atom stereocenters. The van der Waals surface area contributed by atoms with Crippen molar-refractivity contribution in [3.8, 4) is 11.5 Å². The van der Waals surface area contributed by atoms with E-state index >= 15 is 0 Å². The fourth-order valence-electron chi connectivity index (χ4n) is 2.20. The smallest absolute Gasteiger partial charge is 0.265 e. The van der Waals surface area contributed by atoms with Crippen molar-refractivity contribution in [1.29, 1.82) is 0 Å². The summed E-state index contributed by atoms with van der Waals surface area (Å²) in [7, 11) is 1.61. The zero-order valence-corrected chi connectivity index (χ0v) is 16.1. The summed E-state index contributed by atoms with van der Waals surface area (Å²) < 4.78 is 10.9. The third-order valence-electron chi connectivity index (χ3n) is 3.50. The van der Waals surface area contributed by atoms with Gasteiger partial charge in [0.1, 0.15) is 18.1 Å². The lowest BCUT2D eigenvalue weighted by atomic mass is 10.3. The number of ether oxygens (including phenoxy) is 2. The van der Waals surface area contributed by atoms with E-state index in [0.717, 1.165) is 11.3 Å². The topological polar surface area (TPSA) is 47.6 Å². The Morgan fingerprint density at radius 1 is 1.12 bits per heavy atom. The van der Waals surface area contributed by atoms with Crippen LogP contribution in [0.2, 0.25) is 10.0 Å². The van der Waals surface area contributed by atoms with Gasteiger partial charge in [0.15, 0.2) is 0 Å². The highest BCUT2D eigenvalue weighted by Crippen LogP contribution is 2.27. The Morgan fingerprint density at radius 3 is 2.69 bits per heavy atom. The Bertz CT molecular complexity index is 927. The van der Waals surface area contributed by atoms with Crippen molar-refractivity contribution in [3.63, 3.8) is 0 Å². The molecule has 7 heteroatoms. The molecule has 0 spiro atoms. The van der Waals surface area contributed by atoms with Gasteiger partial charge in [-0.05, 0) is 41.8 Å². The second-order valence-corrected chi connectivity index (χ2v) is 7.12. The molecule has 26 heavy (non-hydrogen) atoms. The maximum atomic E-state index is 12.4. The third kappa shape index (κ3) is 4.69. The molecule has 2 aromatic carbocycles. The van der Waals surface area contributed by atoms with E-state index in [4.69, 9.17) is 32.7 Å². The first-order chi connectivity index (χ1) is 12.5. The molecule has 1 heterocycles. The number of thiophene rings is 1. The van der Waals surface area contributed by atoms with Gasteiger partial charge in [0, 0.05) is 16.7 Å². The maximum absolute atomic E-state index is 12.4. The molecule has 0 aliphatic heterocycles. The number of halogens is 2. The van der Waals surface area contributed by atoms with Crippen LogP contribution >= 0.6 is 34.5 Å². The zero-order valence-electron chi connectivity index (χ0n) is 13.8. The lowest BCUT2D eigenvalue weighted by Gasteiger charge is -2.07.